The van der Waals surface area contributed by atoms with E-state index >= 15 is 0 Å². The van der Waals surface area contributed by atoms with Gasteiger partial charge in [-0.1, -0.05) is 0 Å². The molecule has 0 bridgehead atoms. The molecule has 3 nitrogen and oxygen atoms in total. The van der Waals surface area contributed by atoms with Crippen molar-refractivity contribution in [2.75, 3.05) is 13.1 Å². The van der Waals surface area contributed by atoms with Gasteiger partial charge in [0.15, 0.2) is 0 Å². The van der Waals surface area contributed by atoms with E-state index in [-0.39, 0.29) is 0 Å². The Morgan fingerprint density at radius 3 is 3.42 bits per heavy atom. The predicted octanol–water partition coefficient (Wildman–Crippen LogP) is 1.02. The minimum atomic E-state index is 0.397. The molecule has 1 aliphatic heterocycles. The molecule has 1 aliphatic rings. The molecule has 0 aromatic carbocycles. The van der Waals surface area contributed by atoms with Gasteiger partial charge in [0, 0.05) is 18.1 Å². The van der Waals surface area contributed by atoms with E-state index in [2.05, 4.69) is 10.3 Å². The lowest BCUT2D eigenvalue weighted by molar-refractivity contribution is 0.0541. The predicted molar refractivity (Wildman–Crippen MR) is 48.2 cm³/mol. The fraction of sp³-hybridized carbons (Fsp3) is 0.625. The minimum absolute atomic E-state index is 0.397. The van der Waals surface area contributed by atoms with Gasteiger partial charge < -0.3 is 10.1 Å². The van der Waals surface area contributed by atoms with Crippen LogP contribution in [0.2, 0.25) is 0 Å². The van der Waals surface area contributed by atoms with Crippen LogP contribution in [-0.4, -0.2) is 24.2 Å². The minimum Gasteiger partial charge on any atom is -0.370 e. The second-order valence-corrected chi connectivity index (χ2v) is 3.83. The fourth-order valence-corrected chi connectivity index (χ4v) is 1.82. The van der Waals surface area contributed by atoms with E-state index in [4.69, 9.17) is 4.74 Å². The van der Waals surface area contributed by atoms with Crippen molar-refractivity contribution in [2.24, 2.45) is 0 Å². The average molecular weight is 184 g/mol. The molecule has 12 heavy (non-hydrogen) atoms. The largest absolute Gasteiger partial charge is 0.370 e. The number of ether oxygens (including phenoxy) is 1. The topological polar surface area (TPSA) is 34.1 Å². The zero-order valence-electron chi connectivity index (χ0n) is 6.82. The normalized spacial score (nSPS) is 23.2. The summed E-state index contributed by atoms with van der Waals surface area (Å²) >= 11 is 1.65. The summed E-state index contributed by atoms with van der Waals surface area (Å²) in [5, 5.41) is 6.31. The van der Waals surface area contributed by atoms with E-state index in [1.165, 1.54) is 0 Å². The summed E-state index contributed by atoms with van der Waals surface area (Å²) in [6.07, 6.45) is 3.34. The van der Waals surface area contributed by atoms with Crippen molar-refractivity contribution in [3.8, 4) is 0 Å². The smallest absolute Gasteiger partial charge is 0.118 e. The summed E-state index contributed by atoms with van der Waals surface area (Å²) in [7, 11) is 0. The summed E-state index contributed by atoms with van der Waals surface area (Å²) in [5.41, 5.74) is 0. The van der Waals surface area contributed by atoms with Crippen molar-refractivity contribution >= 4 is 11.3 Å². The Bertz CT molecular complexity index is 219. The van der Waals surface area contributed by atoms with Gasteiger partial charge in [-0.2, -0.15) is 0 Å². The molecule has 2 rings (SSSR count). The number of aromatic nitrogens is 1. The molecule has 66 valence electrons. The van der Waals surface area contributed by atoms with Crippen molar-refractivity contribution < 1.29 is 4.74 Å². The lowest BCUT2D eigenvalue weighted by atomic mass is 10.3. The summed E-state index contributed by atoms with van der Waals surface area (Å²) in [6.45, 7) is 2.75. The molecular formula is C8H12N2OS. The molecule has 1 aromatic heterocycles. The lowest BCUT2D eigenvalue weighted by Gasteiger charge is -2.07. The summed E-state index contributed by atoms with van der Waals surface area (Å²) in [4.78, 5) is 4.15. The van der Waals surface area contributed by atoms with Crippen molar-refractivity contribution in [3.05, 3.63) is 16.6 Å². The molecule has 0 radical (unpaired) electrons. The first-order valence-electron chi connectivity index (χ1n) is 4.16. The molecule has 1 fully saturated rings. The SMILES string of the molecule is c1csc(CO[C@@H]2CCNC2)n1. The maximum atomic E-state index is 5.63. The van der Waals surface area contributed by atoms with Crippen LogP contribution in [-0.2, 0) is 11.3 Å². The van der Waals surface area contributed by atoms with Gasteiger partial charge >= 0.3 is 0 Å². The third kappa shape index (κ3) is 2.03. The number of hydrogen-bond acceptors (Lipinski definition) is 4. The summed E-state index contributed by atoms with van der Waals surface area (Å²) in [5.74, 6) is 0. The Morgan fingerprint density at radius 2 is 2.75 bits per heavy atom. The van der Waals surface area contributed by atoms with E-state index in [1.807, 2.05) is 11.6 Å². The molecule has 0 aliphatic carbocycles. The molecule has 1 aromatic rings. The molecule has 4 heteroatoms. The van der Waals surface area contributed by atoms with Gasteiger partial charge in [-0.05, 0) is 13.0 Å². The van der Waals surface area contributed by atoms with Crippen LogP contribution in [0.15, 0.2) is 11.6 Å². The average Bonchev–Trinajstić information content (AvgIpc) is 2.74. The van der Waals surface area contributed by atoms with Crippen LogP contribution in [0.1, 0.15) is 11.4 Å². The number of thiazole rings is 1. The number of nitrogens with zero attached hydrogens (tertiary/aromatic N) is 1. The molecule has 1 atom stereocenters. The number of hydrogen-bond donors (Lipinski definition) is 1. The van der Waals surface area contributed by atoms with Crippen LogP contribution >= 0.6 is 11.3 Å². The first kappa shape index (κ1) is 8.16. The maximum absolute atomic E-state index is 5.63. The van der Waals surface area contributed by atoms with Crippen molar-refractivity contribution in [1.82, 2.24) is 10.3 Å². The Kier molecular flexibility index (Phi) is 2.71. The Morgan fingerprint density at radius 1 is 1.75 bits per heavy atom. The van der Waals surface area contributed by atoms with Gasteiger partial charge in [0.05, 0.1) is 12.7 Å². The van der Waals surface area contributed by atoms with Gasteiger partial charge in [0.1, 0.15) is 5.01 Å². The van der Waals surface area contributed by atoms with Crippen molar-refractivity contribution in [2.45, 2.75) is 19.1 Å². The highest BCUT2D eigenvalue weighted by atomic mass is 32.1. The molecule has 1 N–H and O–H groups in total. The van der Waals surface area contributed by atoms with Crippen LogP contribution < -0.4 is 5.32 Å². The maximum Gasteiger partial charge on any atom is 0.118 e. The number of nitrogens with one attached hydrogen (secondary N) is 1. The standard InChI is InChI=1S/C8H12N2OS/c1-2-9-5-7(1)11-6-8-10-3-4-12-8/h3-4,7,9H,1-2,5-6H2/t7-/m1/s1. The zero-order chi connectivity index (χ0) is 8.23. The monoisotopic (exact) mass is 184 g/mol. The molecule has 1 saturated heterocycles. The van der Waals surface area contributed by atoms with E-state index in [0.717, 1.165) is 24.5 Å². The third-order valence-corrected chi connectivity index (χ3v) is 2.69. The van der Waals surface area contributed by atoms with Crippen LogP contribution in [0.25, 0.3) is 0 Å². The quantitative estimate of drug-likeness (QED) is 0.761. The van der Waals surface area contributed by atoms with Gasteiger partial charge in [-0.25, -0.2) is 4.98 Å². The van der Waals surface area contributed by atoms with E-state index in [9.17, 15) is 0 Å². The van der Waals surface area contributed by atoms with Crippen LogP contribution in [0.4, 0.5) is 0 Å². The van der Waals surface area contributed by atoms with Gasteiger partial charge in [0.25, 0.3) is 0 Å². The van der Waals surface area contributed by atoms with E-state index < -0.39 is 0 Å². The molecule has 0 unspecified atom stereocenters. The van der Waals surface area contributed by atoms with Crippen LogP contribution in [0.3, 0.4) is 0 Å². The molecular weight excluding hydrogens is 172 g/mol. The summed E-state index contributed by atoms with van der Waals surface area (Å²) in [6, 6.07) is 0. The first-order valence-corrected chi connectivity index (χ1v) is 5.04. The van der Waals surface area contributed by atoms with Gasteiger partial charge in [-0.3, -0.25) is 0 Å². The van der Waals surface area contributed by atoms with Gasteiger partial charge in [-0.15, -0.1) is 11.3 Å². The third-order valence-electron chi connectivity index (χ3n) is 1.94. The first-order chi connectivity index (χ1) is 5.95. The van der Waals surface area contributed by atoms with Crippen molar-refractivity contribution in [1.29, 1.82) is 0 Å². The van der Waals surface area contributed by atoms with E-state index in [0.29, 0.717) is 12.7 Å². The van der Waals surface area contributed by atoms with Crippen molar-refractivity contribution in [3.63, 3.8) is 0 Å². The van der Waals surface area contributed by atoms with Crippen LogP contribution in [0.5, 0.6) is 0 Å². The molecule has 0 spiro atoms. The second kappa shape index (κ2) is 3.98. The fourth-order valence-electron chi connectivity index (χ4n) is 1.28. The second-order valence-electron chi connectivity index (χ2n) is 2.85. The van der Waals surface area contributed by atoms with E-state index in [1.54, 1.807) is 11.3 Å². The lowest BCUT2D eigenvalue weighted by Crippen LogP contribution is -2.16. The number of rotatable bonds is 3. The van der Waals surface area contributed by atoms with Gasteiger partial charge in [0.2, 0.25) is 0 Å². The highest BCUT2D eigenvalue weighted by Crippen LogP contribution is 2.10. The summed E-state index contributed by atoms with van der Waals surface area (Å²) < 4.78 is 5.63. The highest BCUT2D eigenvalue weighted by Gasteiger charge is 2.14. The highest BCUT2D eigenvalue weighted by molar-refractivity contribution is 7.09. The molecule has 2 heterocycles. The Balaban J connectivity index is 1.74. The molecule has 0 saturated carbocycles. The zero-order valence-corrected chi connectivity index (χ0v) is 7.64. The Labute approximate surface area is 75.8 Å². The Hall–Kier alpha value is -0.450. The van der Waals surface area contributed by atoms with Crippen LogP contribution in [0, 0.1) is 0 Å². The molecule has 0 amide bonds.